The van der Waals surface area contributed by atoms with Crippen molar-refractivity contribution in [3.8, 4) is 5.75 Å². The molecule has 0 fully saturated rings. The van der Waals surface area contributed by atoms with Crippen LogP contribution in [-0.2, 0) is 14.9 Å². The van der Waals surface area contributed by atoms with Crippen molar-refractivity contribution < 1.29 is 17.4 Å². The molecule has 2 aromatic rings. The Morgan fingerprint density at radius 2 is 1.71 bits per heavy atom. The summed E-state index contributed by atoms with van der Waals surface area (Å²) in [5, 5.41) is 0. The van der Waals surface area contributed by atoms with Crippen LogP contribution >= 0.6 is 0 Å². The zero-order chi connectivity index (χ0) is 15.5. The lowest BCUT2D eigenvalue weighted by molar-refractivity contribution is -0.118. The fourth-order valence-corrected chi connectivity index (χ4v) is 2.78. The molecular weight excluding hydrogens is 288 g/mol. The van der Waals surface area contributed by atoms with E-state index in [-0.39, 0.29) is 22.3 Å². The molecule has 0 amide bonds. The van der Waals surface area contributed by atoms with Crippen LogP contribution in [0.3, 0.4) is 0 Å². The highest BCUT2D eigenvalue weighted by Gasteiger charge is 2.17. The minimum Gasteiger partial charge on any atom is -0.379 e. The van der Waals surface area contributed by atoms with Gasteiger partial charge in [-0.2, -0.15) is 8.42 Å². The van der Waals surface area contributed by atoms with E-state index in [2.05, 4.69) is 0 Å². The summed E-state index contributed by atoms with van der Waals surface area (Å²) >= 11 is 0. The van der Waals surface area contributed by atoms with Crippen molar-refractivity contribution in [3.05, 3.63) is 60.2 Å². The van der Waals surface area contributed by atoms with Gasteiger partial charge in [0.25, 0.3) is 0 Å². The van der Waals surface area contributed by atoms with Crippen LogP contribution in [0.25, 0.3) is 0 Å². The monoisotopic (exact) mass is 304 g/mol. The van der Waals surface area contributed by atoms with E-state index in [0.29, 0.717) is 0 Å². The molecule has 0 radical (unpaired) electrons. The van der Waals surface area contributed by atoms with Crippen LogP contribution in [0.4, 0.5) is 0 Å². The molecule has 0 aliphatic rings. The van der Waals surface area contributed by atoms with E-state index >= 15 is 0 Å². The number of ketones is 1. The number of benzene rings is 2. The van der Waals surface area contributed by atoms with Crippen molar-refractivity contribution in [2.45, 2.75) is 24.7 Å². The molecule has 0 spiro atoms. The first kappa shape index (κ1) is 15.3. The third kappa shape index (κ3) is 3.70. The van der Waals surface area contributed by atoms with Gasteiger partial charge in [-0.15, -0.1) is 0 Å². The Morgan fingerprint density at radius 3 is 2.33 bits per heavy atom. The predicted octanol–water partition coefficient (Wildman–Crippen LogP) is 3.15. The van der Waals surface area contributed by atoms with Crippen molar-refractivity contribution in [3.63, 3.8) is 0 Å². The standard InChI is InChI=1S/C16H16O4S/c1-12(13(2)17)14-7-6-8-15(11-14)20-21(18,19)16-9-4-3-5-10-16/h3-12H,1-2H3. The molecule has 0 aromatic heterocycles. The summed E-state index contributed by atoms with van der Waals surface area (Å²) in [6.45, 7) is 3.27. The maximum absolute atomic E-state index is 12.1. The van der Waals surface area contributed by atoms with Gasteiger partial charge in [-0.05, 0) is 36.8 Å². The fourth-order valence-electron chi connectivity index (χ4n) is 1.83. The summed E-state index contributed by atoms with van der Waals surface area (Å²) in [6, 6.07) is 14.5. The van der Waals surface area contributed by atoms with E-state index < -0.39 is 10.1 Å². The van der Waals surface area contributed by atoms with Crippen LogP contribution in [-0.4, -0.2) is 14.2 Å². The van der Waals surface area contributed by atoms with Crippen LogP contribution < -0.4 is 4.18 Å². The Labute approximate surface area is 124 Å². The quantitative estimate of drug-likeness (QED) is 0.796. The van der Waals surface area contributed by atoms with Gasteiger partial charge in [0.05, 0.1) is 0 Å². The lowest BCUT2D eigenvalue weighted by atomic mass is 9.98. The SMILES string of the molecule is CC(=O)C(C)c1cccc(OS(=O)(=O)c2ccccc2)c1. The van der Waals surface area contributed by atoms with Crippen LogP contribution in [0.5, 0.6) is 5.75 Å². The Kier molecular flexibility index (Phi) is 4.43. The molecule has 0 aliphatic heterocycles. The van der Waals surface area contributed by atoms with Gasteiger partial charge in [-0.25, -0.2) is 0 Å². The summed E-state index contributed by atoms with van der Waals surface area (Å²) in [7, 11) is -3.86. The van der Waals surface area contributed by atoms with E-state index in [1.54, 1.807) is 49.4 Å². The summed E-state index contributed by atoms with van der Waals surface area (Å²) in [5.74, 6) is -0.0875. The first-order valence-corrected chi connectivity index (χ1v) is 7.91. The second-order valence-corrected chi connectivity index (χ2v) is 6.30. The van der Waals surface area contributed by atoms with Gasteiger partial charge in [-0.3, -0.25) is 4.79 Å². The maximum atomic E-state index is 12.1. The summed E-state index contributed by atoms with van der Waals surface area (Å²) < 4.78 is 29.4. The van der Waals surface area contributed by atoms with Gasteiger partial charge in [0.1, 0.15) is 16.4 Å². The van der Waals surface area contributed by atoms with E-state index in [4.69, 9.17) is 4.18 Å². The number of hydrogen-bond acceptors (Lipinski definition) is 4. The average Bonchev–Trinajstić information content (AvgIpc) is 2.47. The van der Waals surface area contributed by atoms with E-state index in [0.717, 1.165) is 5.56 Å². The zero-order valence-corrected chi connectivity index (χ0v) is 12.6. The molecule has 0 saturated carbocycles. The first-order valence-electron chi connectivity index (χ1n) is 6.50. The third-order valence-electron chi connectivity index (χ3n) is 3.21. The number of rotatable bonds is 5. The fraction of sp³-hybridized carbons (Fsp3) is 0.188. The molecule has 0 bridgehead atoms. The smallest absolute Gasteiger partial charge is 0.339 e. The van der Waals surface area contributed by atoms with Gasteiger partial charge in [0.2, 0.25) is 0 Å². The zero-order valence-electron chi connectivity index (χ0n) is 11.8. The lowest BCUT2D eigenvalue weighted by Crippen LogP contribution is -2.10. The normalized spacial score (nSPS) is 12.7. The molecule has 1 unspecified atom stereocenters. The lowest BCUT2D eigenvalue weighted by Gasteiger charge is -2.11. The van der Waals surface area contributed by atoms with Crippen molar-refractivity contribution in [1.82, 2.24) is 0 Å². The summed E-state index contributed by atoms with van der Waals surface area (Å²) in [5.41, 5.74) is 0.725. The predicted molar refractivity (Wildman–Crippen MR) is 79.8 cm³/mol. The molecule has 2 aromatic carbocycles. The van der Waals surface area contributed by atoms with Gasteiger partial charge >= 0.3 is 10.1 Å². The second kappa shape index (κ2) is 6.10. The highest BCUT2D eigenvalue weighted by Crippen LogP contribution is 2.24. The Balaban J connectivity index is 2.28. The van der Waals surface area contributed by atoms with Crippen LogP contribution in [0.15, 0.2) is 59.5 Å². The van der Waals surface area contributed by atoms with E-state index in [9.17, 15) is 13.2 Å². The Morgan fingerprint density at radius 1 is 1.05 bits per heavy atom. The molecule has 2 rings (SSSR count). The van der Waals surface area contributed by atoms with E-state index in [1.165, 1.54) is 19.1 Å². The Bertz CT molecular complexity index is 736. The maximum Gasteiger partial charge on any atom is 0.339 e. The topological polar surface area (TPSA) is 60.4 Å². The van der Waals surface area contributed by atoms with Gasteiger partial charge in [0, 0.05) is 5.92 Å². The van der Waals surface area contributed by atoms with Crippen molar-refractivity contribution in [1.29, 1.82) is 0 Å². The summed E-state index contributed by atoms with van der Waals surface area (Å²) in [4.78, 5) is 11.5. The molecule has 0 saturated heterocycles. The summed E-state index contributed by atoms with van der Waals surface area (Å²) in [6.07, 6.45) is 0. The minimum atomic E-state index is -3.86. The number of Topliss-reactive ketones (excluding diaryl/α,β-unsaturated/α-hetero) is 1. The van der Waals surface area contributed by atoms with Crippen molar-refractivity contribution in [2.24, 2.45) is 0 Å². The van der Waals surface area contributed by atoms with Crippen LogP contribution in [0.1, 0.15) is 25.3 Å². The molecule has 0 aliphatic carbocycles. The molecule has 21 heavy (non-hydrogen) atoms. The molecule has 5 heteroatoms. The second-order valence-electron chi connectivity index (χ2n) is 4.76. The first-order chi connectivity index (χ1) is 9.90. The molecule has 1 atom stereocenters. The number of carbonyl (C=O) groups excluding carboxylic acids is 1. The highest BCUT2D eigenvalue weighted by atomic mass is 32.2. The van der Waals surface area contributed by atoms with Gasteiger partial charge in [-0.1, -0.05) is 37.3 Å². The molecule has 0 heterocycles. The number of hydrogen-bond donors (Lipinski definition) is 0. The Hall–Kier alpha value is -2.14. The highest BCUT2D eigenvalue weighted by molar-refractivity contribution is 7.87. The molecule has 4 nitrogen and oxygen atoms in total. The number of carbonyl (C=O) groups is 1. The molecule has 110 valence electrons. The van der Waals surface area contributed by atoms with Gasteiger partial charge in [0.15, 0.2) is 0 Å². The molecule has 0 N–H and O–H groups in total. The van der Waals surface area contributed by atoms with Crippen LogP contribution in [0.2, 0.25) is 0 Å². The van der Waals surface area contributed by atoms with Crippen molar-refractivity contribution >= 4 is 15.9 Å². The van der Waals surface area contributed by atoms with E-state index in [1.807, 2.05) is 0 Å². The largest absolute Gasteiger partial charge is 0.379 e. The van der Waals surface area contributed by atoms with Gasteiger partial charge < -0.3 is 4.18 Å². The van der Waals surface area contributed by atoms with Crippen LogP contribution in [0, 0.1) is 0 Å². The van der Waals surface area contributed by atoms with Crippen molar-refractivity contribution in [2.75, 3.05) is 0 Å². The average molecular weight is 304 g/mol. The molecular formula is C16H16O4S. The minimum absolute atomic E-state index is 0.0121. The third-order valence-corrected chi connectivity index (χ3v) is 4.47.